The summed E-state index contributed by atoms with van der Waals surface area (Å²) in [6, 6.07) is 2.59. The summed E-state index contributed by atoms with van der Waals surface area (Å²) in [7, 11) is 1.38. The van der Waals surface area contributed by atoms with E-state index in [1.54, 1.807) is 0 Å². The molecule has 0 bridgehead atoms. The standard InChI is InChI=1S/C24H33NO7/c1-14(26)31-21-16(11-15(25(27)28)12-19(21)29-5)22-30-13-17-18(32-22)7-8-20-23(2,3)9-6-10-24(17,20)4/h11-12,17-18,20,22H,6-10,13H2,1-5H3/t17-,18+,20-,22-,24+/m0/s1. The molecular formula is C24H33NO7. The van der Waals surface area contributed by atoms with Gasteiger partial charge in [0.1, 0.15) is 0 Å². The highest BCUT2D eigenvalue weighted by atomic mass is 16.7. The lowest BCUT2D eigenvalue weighted by molar-refractivity contribution is -0.385. The van der Waals surface area contributed by atoms with Crippen molar-refractivity contribution in [1.29, 1.82) is 0 Å². The van der Waals surface area contributed by atoms with Crippen LogP contribution in [0.15, 0.2) is 12.1 Å². The quantitative estimate of drug-likeness (QED) is 0.271. The largest absolute Gasteiger partial charge is 0.493 e. The minimum absolute atomic E-state index is 0.0145. The van der Waals surface area contributed by atoms with Crippen LogP contribution in [0.1, 0.15) is 71.7 Å². The maximum Gasteiger partial charge on any atom is 0.308 e. The number of ether oxygens (including phenoxy) is 4. The second-order valence-electron chi connectivity index (χ2n) is 10.3. The maximum atomic E-state index is 11.7. The van der Waals surface area contributed by atoms with Gasteiger partial charge in [0, 0.05) is 18.9 Å². The van der Waals surface area contributed by atoms with Crippen LogP contribution in [0.25, 0.3) is 0 Å². The van der Waals surface area contributed by atoms with E-state index in [2.05, 4.69) is 20.8 Å². The lowest BCUT2D eigenvalue weighted by Gasteiger charge is -2.60. The van der Waals surface area contributed by atoms with Gasteiger partial charge < -0.3 is 18.9 Å². The summed E-state index contributed by atoms with van der Waals surface area (Å²) in [6.45, 7) is 8.91. The van der Waals surface area contributed by atoms with E-state index in [0.717, 1.165) is 19.3 Å². The molecule has 3 aliphatic rings. The van der Waals surface area contributed by atoms with Crippen LogP contribution in [0.4, 0.5) is 5.69 Å². The van der Waals surface area contributed by atoms with Crippen molar-refractivity contribution in [1.82, 2.24) is 0 Å². The first-order valence-corrected chi connectivity index (χ1v) is 11.4. The molecule has 1 aromatic rings. The average Bonchev–Trinajstić information content (AvgIpc) is 2.72. The van der Waals surface area contributed by atoms with Gasteiger partial charge in [0.15, 0.2) is 17.8 Å². The second kappa shape index (κ2) is 8.30. The fraction of sp³-hybridized carbons (Fsp3) is 0.708. The summed E-state index contributed by atoms with van der Waals surface area (Å²) in [5, 5.41) is 11.5. The summed E-state index contributed by atoms with van der Waals surface area (Å²) in [5.41, 5.74) is 0.562. The smallest absolute Gasteiger partial charge is 0.308 e. The highest BCUT2D eigenvalue weighted by molar-refractivity contribution is 5.72. The number of benzene rings is 1. The van der Waals surface area contributed by atoms with E-state index in [0.29, 0.717) is 23.5 Å². The predicted molar refractivity (Wildman–Crippen MR) is 116 cm³/mol. The minimum Gasteiger partial charge on any atom is -0.493 e. The molecule has 1 aromatic carbocycles. The molecule has 5 atom stereocenters. The molecule has 2 aliphatic carbocycles. The first-order chi connectivity index (χ1) is 15.1. The molecule has 0 unspecified atom stereocenters. The van der Waals surface area contributed by atoms with Gasteiger partial charge in [-0.3, -0.25) is 14.9 Å². The number of nitro benzene ring substituents is 1. The summed E-state index contributed by atoms with van der Waals surface area (Å²) in [5.74, 6) is 0.527. The number of carbonyl (C=O) groups is 1. The highest BCUT2D eigenvalue weighted by Crippen LogP contribution is 2.61. The molecule has 0 amide bonds. The van der Waals surface area contributed by atoms with Gasteiger partial charge in [0.2, 0.25) is 0 Å². The van der Waals surface area contributed by atoms with E-state index in [9.17, 15) is 14.9 Å². The normalized spacial score (nSPS) is 33.5. The highest BCUT2D eigenvalue weighted by Gasteiger charge is 2.56. The van der Waals surface area contributed by atoms with E-state index in [-0.39, 0.29) is 34.6 Å². The Morgan fingerprint density at radius 2 is 1.97 bits per heavy atom. The number of esters is 1. The number of non-ortho nitro benzene ring substituents is 1. The number of carbonyl (C=O) groups excluding carboxylic acids is 1. The third-order valence-corrected chi connectivity index (χ3v) is 8.04. The molecule has 176 valence electrons. The maximum absolute atomic E-state index is 11.7. The molecule has 2 saturated carbocycles. The van der Waals surface area contributed by atoms with Gasteiger partial charge in [0.25, 0.3) is 5.69 Å². The van der Waals surface area contributed by atoms with Crippen LogP contribution in [0, 0.1) is 32.8 Å². The Kier molecular flexibility index (Phi) is 5.96. The van der Waals surface area contributed by atoms with Crippen LogP contribution < -0.4 is 9.47 Å². The van der Waals surface area contributed by atoms with Gasteiger partial charge in [0.05, 0.1) is 36.4 Å². The molecule has 1 saturated heterocycles. The zero-order valence-electron chi connectivity index (χ0n) is 19.5. The Morgan fingerprint density at radius 1 is 1.22 bits per heavy atom. The molecule has 8 nitrogen and oxygen atoms in total. The van der Waals surface area contributed by atoms with Gasteiger partial charge in [-0.1, -0.05) is 27.2 Å². The Morgan fingerprint density at radius 3 is 2.62 bits per heavy atom. The van der Waals surface area contributed by atoms with Crippen LogP contribution in [0.2, 0.25) is 0 Å². The number of fused-ring (bicyclic) bond motifs is 3. The van der Waals surface area contributed by atoms with E-state index in [1.807, 2.05) is 0 Å². The van der Waals surface area contributed by atoms with Crippen molar-refractivity contribution in [2.24, 2.45) is 22.7 Å². The molecular weight excluding hydrogens is 414 g/mol. The third kappa shape index (κ3) is 3.88. The predicted octanol–water partition coefficient (Wildman–Crippen LogP) is 5.19. The second-order valence-corrected chi connectivity index (χ2v) is 10.3. The van der Waals surface area contributed by atoms with Crippen molar-refractivity contribution < 1.29 is 28.7 Å². The number of nitro groups is 1. The summed E-state index contributed by atoms with van der Waals surface area (Å²) in [6.07, 6.45) is 4.73. The molecule has 0 radical (unpaired) electrons. The molecule has 0 aromatic heterocycles. The number of rotatable bonds is 4. The number of hydrogen-bond acceptors (Lipinski definition) is 7. The van der Waals surface area contributed by atoms with Crippen molar-refractivity contribution in [3.8, 4) is 11.5 Å². The van der Waals surface area contributed by atoms with Crippen LogP contribution in [-0.2, 0) is 14.3 Å². The van der Waals surface area contributed by atoms with Gasteiger partial charge in [-0.15, -0.1) is 0 Å². The van der Waals surface area contributed by atoms with Crippen LogP contribution in [-0.4, -0.2) is 30.7 Å². The molecule has 1 heterocycles. The van der Waals surface area contributed by atoms with E-state index < -0.39 is 17.2 Å². The average molecular weight is 448 g/mol. The Balaban J connectivity index is 1.66. The van der Waals surface area contributed by atoms with Gasteiger partial charge in [-0.2, -0.15) is 0 Å². The fourth-order valence-electron chi connectivity index (χ4n) is 6.59. The molecule has 8 heteroatoms. The summed E-state index contributed by atoms with van der Waals surface area (Å²) in [4.78, 5) is 22.7. The zero-order chi connectivity index (χ0) is 23.3. The lowest BCUT2D eigenvalue weighted by Crippen LogP contribution is -2.57. The first kappa shape index (κ1) is 23.0. The SMILES string of the molecule is COc1cc([N+](=O)[O-])cc([C@H]2OC[C@H]3[C@@H](CC[C@H]4C(C)(C)CCC[C@]34C)O2)c1OC(C)=O. The molecule has 3 fully saturated rings. The molecule has 0 N–H and O–H groups in total. The fourth-order valence-corrected chi connectivity index (χ4v) is 6.59. The summed E-state index contributed by atoms with van der Waals surface area (Å²) < 4.78 is 23.3. The van der Waals surface area contributed by atoms with Crippen molar-refractivity contribution in [3.63, 3.8) is 0 Å². The number of methoxy groups -OCH3 is 1. The third-order valence-electron chi connectivity index (χ3n) is 8.04. The van der Waals surface area contributed by atoms with Crippen molar-refractivity contribution in [2.75, 3.05) is 13.7 Å². The topological polar surface area (TPSA) is 97.1 Å². The van der Waals surface area contributed by atoms with Crippen molar-refractivity contribution in [3.05, 3.63) is 27.8 Å². The van der Waals surface area contributed by atoms with Crippen molar-refractivity contribution in [2.45, 2.75) is 72.2 Å². The Labute approximate surface area is 188 Å². The Hall–Kier alpha value is -2.19. The lowest BCUT2D eigenvalue weighted by atomic mass is 9.48. The molecule has 1 aliphatic heterocycles. The van der Waals surface area contributed by atoms with Gasteiger partial charge >= 0.3 is 5.97 Å². The van der Waals surface area contributed by atoms with E-state index in [4.69, 9.17) is 18.9 Å². The van der Waals surface area contributed by atoms with Crippen molar-refractivity contribution >= 4 is 11.7 Å². The van der Waals surface area contributed by atoms with E-state index >= 15 is 0 Å². The monoisotopic (exact) mass is 447 g/mol. The van der Waals surface area contributed by atoms with Gasteiger partial charge in [-0.05, 0) is 42.4 Å². The van der Waals surface area contributed by atoms with Crippen LogP contribution >= 0.6 is 0 Å². The minimum atomic E-state index is -0.865. The molecule has 4 rings (SSSR count). The first-order valence-electron chi connectivity index (χ1n) is 11.4. The number of hydrogen-bond donors (Lipinski definition) is 0. The van der Waals surface area contributed by atoms with Gasteiger partial charge in [-0.25, -0.2) is 0 Å². The molecule has 32 heavy (non-hydrogen) atoms. The zero-order valence-corrected chi connectivity index (χ0v) is 19.5. The molecule has 0 spiro atoms. The van der Waals surface area contributed by atoms with Crippen LogP contribution in [0.5, 0.6) is 11.5 Å². The Bertz CT molecular complexity index is 914. The van der Waals surface area contributed by atoms with Crippen LogP contribution in [0.3, 0.4) is 0 Å². The van der Waals surface area contributed by atoms with E-state index in [1.165, 1.54) is 39.0 Å². The number of nitrogens with zero attached hydrogens (tertiary/aromatic N) is 1. The summed E-state index contributed by atoms with van der Waals surface area (Å²) >= 11 is 0.